The Morgan fingerprint density at radius 3 is 2.68 bits per heavy atom. The molecule has 5 heteroatoms. The van der Waals surface area contributed by atoms with E-state index in [0.717, 1.165) is 17.0 Å². The van der Waals surface area contributed by atoms with Crippen LogP contribution in [0.15, 0.2) is 28.8 Å². The van der Waals surface area contributed by atoms with Crippen LogP contribution in [-0.2, 0) is 6.61 Å². The fraction of sp³-hybridized carbons (Fsp3) is 0.357. The first-order chi connectivity index (χ1) is 9.10. The van der Waals surface area contributed by atoms with Crippen molar-refractivity contribution in [2.24, 2.45) is 0 Å². The van der Waals surface area contributed by atoms with Crippen LogP contribution in [0.5, 0.6) is 11.5 Å². The second kappa shape index (κ2) is 5.75. The van der Waals surface area contributed by atoms with E-state index in [1.54, 1.807) is 32.2 Å². The molecule has 1 N–H and O–H groups in total. The van der Waals surface area contributed by atoms with E-state index in [0.29, 0.717) is 18.1 Å². The highest BCUT2D eigenvalue weighted by molar-refractivity contribution is 5.43. The lowest BCUT2D eigenvalue weighted by Gasteiger charge is -2.12. The number of ether oxygens (including phenoxy) is 2. The molecule has 2 rings (SSSR count). The van der Waals surface area contributed by atoms with Gasteiger partial charge in [-0.3, -0.25) is 0 Å². The molecule has 0 aliphatic carbocycles. The van der Waals surface area contributed by atoms with Crippen molar-refractivity contribution in [3.8, 4) is 11.5 Å². The van der Waals surface area contributed by atoms with Gasteiger partial charge in [0.05, 0.1) is 13.2 Å². The standard InChI is InChI=1S/C14H17NO4/c1-9-6-12(15-19-9)8-18-13-5-4-11(10(2)16)7-14(13)17-3/h4-7,10,16H,8H2,1-3H3/t10-/m1/s1. The Labute approximate surface area is 111 Å². The molecule has 0 saturated heterocycles. The average molecular weight is 263 g/mol. The highest BCUT2D eigenvalue weighted by Crippen LogP contribution is 2.30. The zero-order valence-corrected chi connectivity index (χ0v) is 11.2. The predicted molar refractivity (Wildman–Crippen MR) is 69.2 cm³/mol. The molecule has 2 aromatic rings. The molecule has 0 spiro atoms. The fourth-order valence-electron chi connectivity index (χ4n) is 1.70. The molecular formula is C14H17NO4. The molecule has 0 radical (unpaired) electrons. The summed E-state index contributed by atoms with van der Waals surface area (Å²) < 4.78 is 15.8. The van der Waals surface area contributed by atoms with Crippen LogP contribution in [0, 0.1) is 6.92 Å². The van der Waals surface area contributed by atoms with Gasteiger partial charge in [-0.15, -0.1) is 0 Å². The van der Waals surface area contributed by atoms with Crippen LogP contribution in [0.25, 0.3) is 0 Å². The number of aryl methyl sites for hydroxylation is 1. The van der Waals surface area contributed by atoms with Crippen LogP contribution in [0.1, 0.15) is 30.0 Å². The molecule has 1 heterocycles. The van der Waals surface area contributed by atoms with E-state index in [9.17, 15) is 5.11 Å². The lowest BCUT2D eigenvalue weighted by Crippen LogP contribution is -1.99. The first kappa shape index (κ1) is 13.4. The van der Waals surface area contributed by atoms with E-state index in [-0.39, 0.29) is 0 Å². The molecule has 0 aliphatic heterocycles. The predicted octanol–water partition coefficient (Wildman–Crippen LogP) is 2.62. The van der Waals surface area contributed by atoms with Crippen molar-refractivity contribution in [1.82, 2.24) is 5.16 Å². The number of aliphatic hydroxyl groups excluding tert-OH is 1. The number of methoxy groups -OCH3 is 1. The molecule has 1 aromatic carbocycles. The molecule has 0 bridgehead atoms. The number of aromatic nitrogens is 1. The van der Waals surface area contributed by atoms with Crippen molar-refractivity contribution in [2.75, 3.05) is 7.11 Å². The summed E-state index contributed by atoms with van der Waals surface area (Å²) >= 11 is 0. The van der Waals surface area contributed by atoms with Crippen molar-refractivity contribution >= 4 is 0 Å². The van der Waals surface area contributed by atoms with Gasteiger partial charge in [-0.05, 0) is 31.5 Å². The number of benzene rings is 1. The Bertz CT molecular complexity index is 548. The van der Waals surface area contributed by atoms with Gasteiger partial charge in [0.2, 0.25) is 0 Å². The molecule has 5 nitrogen and oxygen atoms in total. The molecular weight excluding hydrogens is 246 g/mol. The molecule has 1 aromatic heterocycles. The number of aliphatic hydroxyl groups is 1. The van der Waals surface area contributed by atoms with Gasteiger partial charge in [0.15, 0.2) is 11.5 Å². The van der Waals surface area contributed by atoms with Crippen molar-refractivity contribution in [3.63, 3.8) is 0 Å². The smallest absolute Gasteiger partial charge is 0.161 e. The maximum atomic E-state index is 9.53. The van der Waals surface area contributed by atoms with Crippen LogP contribution in [0.4, 0.5) is 0 Å². The third kappa shape index (κ3) is 3.26. The zero-order valence-electron chi connectivity index (χ0n) is 11.2. The zero-order chi connectivity index (χ0) is 13.8. The van der Waals surface area contributed by atoms with Gasteiger partial charge >= 0.3 is 0 Å². The Hall–Kier alpha value is -2.01. The van der Waals surface area contributed by atoms with Gasteiger partial charge in [0, 0.05) is 6.07 Å². The van der Waals surface area contributed by atoms with Crippen LogP contribution in [0.3, 0.4) is 0 Å². The summed E-state index contributed by atoms with van der Waals surface area (Å²) in [4.78, 5) is 0. The number of hydrogen-bond acceptors (Lipinski definition) is 5. The Morgan fingerprint density at radius 1 is 1.32 bits per heavy atom. The normalized spacial score (nSPS) is 12.2. The molecule has 0 fully saturated rings. The molecule has 0 aliphatic rings. The topological polar surface area (TPSA) is 64.7 Å². The second-order valence-electron chi connectivity index (χ2n) is 4.30. The van der Waals surface area contributed by atoms with E-state index < -0.39 is 6.10 Å². The van der Waals surface area contributed by atoms with E-state index in [1.165, 1.54) is 0 Å². The highest BCUT2D eigenvalue weighted by atomic mass is 16.5. The van der Waals surface area contributed by atoms with Gasteiger partial charge in [0.1, 0.15) is 18.1 Å². The van der Waals surface area contributed by atoms with Crippen LogP contribution in [0.2, 0.25) is 0 Å². The average Bonchev–Trinajstić information content (AvgIpc) is 2.81. The van der Waals surface area contributed by atoms with Crippen molar-refractivity contribution in [2.45, 2.75) is 26.6 Å². The van der Waals surface area contributed by atoms with E-state index in [1.807, 2.05) is 13.0 Å². The van der Waals surface area contributed by atoms with Gasteiger partial charge in [0.25, 0.3) is 0 Å². The van der Waals surface area contributed by atoms with Crippen molar-refractivity contribution in [1.29, 1.82) is 0 Å². The summed E-state index contributed by atoms with van der Waals surface area (Å²) in [5.41, 5.74) is 1.50. The number of nitrogens with zero attached hydrogens (tertiary/aromatic N) is 1. The summed E-state index contributed by atoms with van der Waals surface area (Å²) in [5, 5.41) is 13.4. The number of rotatable bonds is 5. The van der Waals surface area contributed by atoms with Gasteiger partial charge in [-0.25, -0.2) is 0 Å². The minimum atomic E-state index is -0.541. The van der Waals surface area contributed by atoms with E-state index in [2.05, 4.69) is 5.16 Å². The largest absolute Gasteiger partial charge is 0.493 e. The third-order valence-electron chi connectivity index (χ3n) is 2.72. The number of hydrogen-bond donors (Lipinski definition) is 1. The lowest BCUT2D eigenvalue weighted by atomic mass is 10.1. The quantitative estimate of drug-likeness (QED) is 0.898. The lowest BCUT2D eigenvalue weighted by molar-refractivity contribution is 0.198. The summed E-state index contributed by atoms with van der Waals surface area (Å²) in [6.45, 7) is 3.84. The van der Waals surface area contributed by atoms with Crippen LogP contribution >= 0.6 is 0 Å². The first-order valence-electron chi connectivity index (χ1n) is 6.01. The van der Waals surface area contributed by atoms with Crippen LogP contribution < -0.4 is 9.47 Å². The Balaban J connectivity index is 2.11. The minimum Gasteiger partial charge on any atom is -0.493 e. The van der Waals surface area contributed by atoms with Crippen LogP contribution in [-0.4, -0.2) is 17.4 Å². The monoisotopic (exact) mass is 263 g/mol. The summed E-state index contributed by atoms with van der Waals surface area (Å²) in [7, 11) is 1.56. The summed E-state index contributed by atoms with van der Waals surface area (Å²) in [6.07, 6.45) is -0.541. The van der Waals surface area contributed by atoms with E-state index in [4.69, 9.17) is 14.0 Å². The fourth-order valence-corrected chi connectivity index (χ4v) is 1.70. The Kier molecular flexibility index (Phi) is 4.06. The van der Waals surface area contributed by atoms with Gasteiger partial charge in [-0.1, -0.05) is 11.2 Å². The van der Waals surface area contributed by atoms with Gasteiger partial charge in [-0.2, -0.15) is 0 Å². The molecule has 0 saturated carbocycles. The molecule has 102 valence electrons. The molecule has 19 heavy (non-hydrogen) atoms. The second-order valence-corrected chi connectivity index (χ2v) is 4.30. The Morgan fingerprint density at radius 2 is 2.11 bits per heavy atom. The molecule has 0 unspecified atom stereocenters. The molecule has 0 amide bonds. The summed E-state index contributed by atoms with van der Waals surface area (Å²) in [5.74, 6) is 1.93. The maximum absolute atomic E-state index is 9.53. The first-order valence-corrected chi connectivity index (χ1v) is 6.01. The third-order valence-corrected chi connectivity index (χ3v) is 2.72. The van der Waals surface area contributed by atoms with E-state index >= 15 is 0 Å². The van der Waals surface area contributed by atoms with Crippen molar-refractivity contribution < 1.29 is 19.1 Å². The summed E-state index contributed by atoms with van der Waals surface area (Å²) in [6, 6.07) is 7.15. The molecule has 1 atom stereocenters. The van der Waals surface area contributed by atoms with Crippen molar-refractivity contribution in [3.05, 3.63) is 41.3 Å². The van der Waals surface area contributed by atoms with Gasteiger partial charge < -0.3 is 19.1 Å². The SMILES string of the molecule is COc1cc([C@@H](C)O)ccc1OCc1cc(C)on1. The highest BCUT2D eigenvalue weighted by Gasteiger charge is 2.10. The maximum Gasteiger partial charge on any atom is 0.161 e. The minimum absolute atomic E-state index is 0.307.